The van der Waals surface area contributed by atoms with Crippen LogP contribution in [0.5, 0.6) is 0 Å². The number of hydrogen-bond acceptors (Lipinski definition) is 4. The van der Waals surface area contributed by atoms with Crippen LogP contribution in [0, 0.1) is 5.92 Å². The van der Waals surface area contributed by atoms with Crippen molar-refractivity contribution in [2.75, 3.05) is 12.4 Å². The molecule has 0 aromatic carbocycles. The lowest BCUT2D eigenvalue weighted by atomic mass is 9.95. The third kappa shape index (κ3) is 5.48. The van der Waals surface area contributed by atoms with Crippen molar-refractivity contribution in [1.82, 2.24) is 5.32 Å². The van der Waals surface area contributed by atoms with Crippen LogP contribution in [-0.4, -0.2) is 35.2 Å². The first-order chi connectivity index (χ1) is 10.0. The Labute approximate surface area is 134 Å². The van der Waals surface area contributed by atoms with Crippen LogP contribution >= 0.6 is 11.8 Å². The molecule has 2 aliphatic carbocycles. The molecular weight excluding hydrogens is 282 g/mol. The standard InChI is InChI=1S/C17H31NO2S/c1-4-20-16(19)17(3,18-15-9-10-15)11-13(2)21-12-14-7-5-6-8-14/h13-15,18H,4-12H2,1-3H3. The van der Waals surface area contributed by atoms with Gasteiger partial charge in [-0.1, -0.05) is 19.8 Å². The van der Waals surface area contributed by atoms with E-state index in [1.54, 1.807) is 0 Å². The van der Waals surface area contributed by atoms with Gasteiger partial charge in [-0.3, -0.25) is 10.1 Å². The lowest BCUT2D eigenvalue weighted by Gasteiger charge is -2.31. The second-order valence-corrected chi connectivity index (χ2v) is 8.44. The van der Waals surface area contributed by atoms with Gasteiger partial charge in [0.2, 0.25) is 0 Å². The molecule has 0 spiro atoms. The molecule has 0 heterocycles. The Hall–Kier alpha value is -0.220. The molecule has 21 heavy (non-hydrogen) atoms. The number of thioether (sulfide) groups is 1. The molecule has 0 aliphatic heterocycles. The van der Waals surface area contributed by atoms with E-state index in [4.69, 9.17) is 4.74 Å². The molecule has 1 N–H and O–H groups in total. The molecular formula is C17H31NO2S. The van der Waals surface area contributed by atoms with Gasteiger partial charge < -0.3 is 4.74 Å². The summed E-state index contributed by atoms with van der Waals surface area (Å²) in [6.45, 7) is 6.62. The van der Waals surface area contributed by atoms with Crippen molar-refractivity contribution in [3.05, 3.63) is 0 Å². The maximum Gasteiger partial charge on any atom is 0.326 e. The summed E-state index contributed by atoms with van der Waals surface area (Å²) in [5.74, 6) is 2.08. The molecule has 2 rings (SSSR count). The Morgan fingerprint density at radius 3 is 2.57 bits per heavy atom. The fourth-order valence-corrected chi connectivity index (χ4v) is 4.67. The third-order valence-corrected chi connectivity index (χ3v) is 6.01. The van der Waals surface area contributed by atoms with E-state index in [0.717, 1.165) is 12.3 Å². The van der Waals surface area contributed by atoms with Gasteiger partial charge in [-0.2, -0.15) is 11.8 Å². The van der Waals surface area contributed by atoms with Gasteiger partial charge in [0.1, 0.15) is 5.54 Å². The van der Waals surface area contributed by atoms with Gasteiger partial charge in [0.05, 0.1) is 6.61 Å². The quantitative estimate of drug-likeness (QED) is 0.658. The topological polar surface area (TPSA) is 38.3 Å². The van der Waals surface area contributed by atoms with Crippen molar-refractivity contribution in [2.45, 2.75) is 82.5 Å². The molecule has 0 aromatic rings. The normalized spacial score (nSPS) is 23.8. The predicted molar refractivity (Wildman–Crippen MR) is 89.7 cm³/mol. The highest BCUT2D eigenvalue weighted by Gasteiger charge is 2.40. The average Bonchev–Trinajstić information content (AvgIpc) is 3.07. The molecule has 0 amide bonds. The minimum absolute atomic E-state index is 0.0785. The molecule has 0 saturated heterocycles. The lowest BCUT2D eigenvalue weighted by Crippen LogP contribution is -2.52. The van der Waals surface area contributed by atoms with E-state index in [2.05, 4.69) is 12.2 Å². The Morgan fingerprint density at radius 2 is 2.00 bits per heavy atom. The van der Waals surface area contributed by atoms with Gasteiger partial charge in [0, 0.05) is 11.3 Å². The fraction of sp³-hybridized carbons (Fsp3) is 0.941. The van der Waals surface area contributed by atoms with Gasteiger partial charge in [-0.05, 0) is 57.6 Å². The number of ether oxygens (including phenoxy) is 1. The van der Waals surface area contributed by atoms with E-state index in [0.29, 0.717) is 17.9 Å². The molecule has 0 bridgehead atoms. The second kappa shape index (κ2) is 7.87. The summed E-state index contributed by atoms with van der Waals surface area (Å²) in [5.41, 5.74) is -0.515. The lowest BCUT2D eigenvalue weighted by molar-refractivity contribution is -0.150. The number of esters is 1. The highest BCUT2D eigenvalue weighted by Crippen LogP contribution is 2.33. The first-order valence-electron chi connectivity index (χ1n) is 8.60. The fourth-order valence-electron chi connectivity index (χ4n) is 3.28. The maximum atomic E-state index is 12.3. The summed E-state index contributed by atoms with van der Waals surface area (Å²) in [6, 6.07) is 0.520. The summed E-state index contributed by atoms with van der Waals surface area (Å²) in [6.07, 6.45) is 8.86. The molecule has 2 aliphatic rings. The summed E-state index contributed by atoms with van der Waals surface area (Å²) in [5, 5.41) is 4.01. The number of nitrogens with one attached hydrogen (secondary N) is 1. The Bertz CT molecular complexity index is 340. The summed E-state index contributed by atoms with van der Waals surface area (Å²) < 4.78 is 5.30. The molecule has 122 valence electrons. The van der Waals surface area contributed by atoms with E-state index >= 15 is 0 Å². The van der Waals surface area contributed by atoms with E-state index < -0.39 is 5.54 Å². The van der Waals surface area contributed by atoms with Crippen molar-refractivity contribution < 1.29 is 9.53 Å². The number of rotatable bonds is 9. The highest BCUT2D eigenvalue weighted by atomic mass is 32.2. The highest BCUT2D eigenvalue weighted by molar-refractivity contribution is 7.99. The van der Waals surface area contributed by atoms with Gasteiger partial charge in [0.15, 0.2) is 0 Å². The second-order valence-electron chi connectivity index (χ2n) is 6.97. The zero-order valence-electron chi connectivity index (χ0n) is 13.8. The third-order valence-electron chi connectivity index (χ3n) is 4.61. The van der Waals surface area contributed by atoms with E-state index in [-0.39, 0.29) is 5.97 Å². The van der Waals surface area contributed by atoms with Gasteiger partial charge in [-0.25, -0.2) is 0 Å². The maximum absolute atomic E-state index is 12.3. The van der Waals surface area contributed by atoms with Crippen molar-refractivity contribution in [3.8, 4) is 0 Å². The monoisotopic (exact) mass is 313 g/mol. The smallest absolute Gasteiger partial charge is 0.326 e. The molecule has 2 unspecified atom stereocenters. The van der Waals surface area contributed by atoms with Crippen LogP contribution in [0.4, 0.5) is 0 Å². The summed E-state index contributed by atoms with van der Waals surface area (Å²) in [7, 11) is 0. The van der Waals surface area contributed by atoms with Crippen LogP contribution in [0.15, 0.2) is 0 Å². The molecule has 2 saturated carbocycles. The van der Waals surface area contributed by atoms with Crippen LogP contribution < -0.4 is 5.32 Å². The predicted octanol–water partition coefficient (Wildman–Crippen LogP) is 3.76. The molecule has 3 nitrogen and oxygen atoms in total. The minimum atomic E-state index is -0.515. The zero-order chi connectivity index (χ0) is 15.3. The van der Waals surface area contributed by atoms with Crippen molar-refractivity contribution in [3.63, 3.8) is 0 Å². The van der Waals surface area contributed by atoms with Gasteiger partial charge in [0.25, 0.3) is 0 Å². The van der Waals surface area contributed by atoms with Crippen molar-refractivity contribution >= 4 is 17.7 Å². The first kappa shape index (κ1) is 17.1. The molecule has 0 aromatic heterocycles. The van der Waals surface area contributed by atoms with Gasteiger partial charge in [-0.15, -0.1) is 0 Å². The number of carbonyl (C=O) groups is 1. The van der Waals surface area contributed by atoms with Crippen LogP contribution in [0.2, 0.25) is 0 Å². The Morgan fingerprint density at radius 1 is 1.33 bits per heavy atom. The molecule has 2 atom stereocenters. The molecule has 2 fully saturated rings. The molecule has 4 heteroatoms. The van der Waals surface area contributed by atoms with E-state index in [1.807, 2.05) is 25.6 Å². The van der Waals surface area contributed by atoms with Crippen molar-refractivity contribution in [2.24, 2.45) is 5.92 Å². The van der Waals surface area contributed by atoms with Crippen LogP contribution in [0.1, 0.15) is 65.7 Å². The largest absolute Gasteiger partial charge is 0.465 e. The van der Waals surface area contributed by atoms with E-state index in [9.17, 15) is 4.79 Å². The van der Waals surface area contributed by atoms with Crippen LogP contribution in [0.3, 0.4) is 0 Å². The van der Waals surface area contributed by atoms with Crippen molar-refractivity contribution in [1.29, 1.82) is 0 Å². The summed E-state index contributed by atoms with van der Waals surface area (Å²) >= 11 is 2.04. The van der Waals surface area contributed by atoms with Crippen LogP contribution in [-0.2, 0) is 9.53 Å². The zero-order valence-corrected chi connectivity index (χ0v) is 14.6. The Kier molecular flexibility index (Phi) is 6.42. The first-order valence-corrected chi connectivity index (χ1v) is 9.65. The summed E-state index contributed by atoms with van der Waals surface area (Å²) in [4.78, 5) is 12.3. The average molecular weight is 314 g/mol. The number of carbonyl (C=O) groups excluding carboxylic acids is 1. The van der Waals surface area contributed by atoms with Gasteiger partial charge >= 0.3 is 5.97 Å². The minimum Gasteiger partial charge on any atom is -0.465 e. The van der Waals surface area contributed by atoms with E-state index in [1.165, 1.54) is 44.3 Å². The molecule has 0 radical (unpaired) electrons. The van der Waals surface area contributed by atoms with Crippen LogP contribution in [0.25, 0.3) is 0 Å². The number of hydrogen-bond donors (Lipinski definition) is 1. The SMILES string of the molecule is CCOC(=O)C(C)(CC(C)SCC1CCCC1)NC1CC1. The Balaban J connectivity index is 1.82.